The van der Waals surface area contributed by atoms with Crippen LogP contribution in [0.1, 0.15) is 63.7 Å². The lowest BCUT2D eigenvalue weighted by Gasteiger charge is -2.11. The minimum Gasteiger partial charge on any atom is -0.478 e. The Morgan fingerprint density at radius 2 is 0.976 bits per heavy atom. The first kappa shape index (κ1) is 28.3. The minimum absolute atomic E-state index is 0.0409. The van der Waals surface area contributed by atoms with Gasteiger partial charge in [-0.25, -0.2) is 9.59 Å². The summed E-state index contributed by atoms with van der Waals surface area (Å²) in [5.74, 6) is -3.47. The number of hydrogen-bond acceptors (Lipinski definition) is 4. The van der Waals surface area contributed by atoms with Crippen LogP contribution in [0.15, 0.2) is 98.1 Å². The predicted molar refractivity (Wildman–Crippen MR) is 159 cm³/mol. The van der Waals surface area contributed by atoms with Crippen LogP contribution in [0.4, 0.5) is 11.4 Å². The second kappa shape index (κ2) is 12.4. The highest BCUT2D eigenvalue weighted by atomic mass is 16.4. The molecule has 8 heteroatoms. The van der Waals surface area contributed by atoms with Gasteiger partial charge in [-0.1, -0.05) is 61.7 Å². The average Bonchev–Trinajstić information content (AvgIpc) is 2.98. The van der Waals surface area contributed by atoms with Gasteiger partial charge in [-0.2, -0.15) is 0 Å². The third kappa shape index (κ3) is 6.82. The Bertz CT molecular complexity index is 1670. The summed E-state index contributed by atoms with van der Waals surface area (Å²) >= 11 is 0. The van der Waals surface area contributed by atoms with E-state index in [0.29, 0.717) is 28.9 Å². The van der Waals surface area contributed by atoms with Crippen LogP contribution in [0.2, 0.25) is 0 Å². The molecule has 4 aromatic carbocycles. The minimum atomic E-state index is -1.20. The van der Waals surface area contributed by atoms with Crippen molar-refractivity contribution in [3.8, 4) is 0 Å². The van der Waals surface area contributed by atoms with Gasteiger partial charge >= 0.3 is 11.9 Å². The molecule has 0 atom stereocenters. The van der Waals surface area contributed by atoms with Crippen LogP contribution in [0.25, 0.3) is 12.2 Å². The van der Waals surface area contributed by atoms with E-state index >= 15 is 0 Å². The van der Waals surface area contributed by atoms with Crippen LogP contribution in [-0.2, 0) is 6.42 Å². The molecule has 41 heavy (non-hydrogen) atoms. The van der Waals surface area contributed by atoms with Gasteiger partial charge in [0.2, 0.25) is 0 Å². The zero-order chi connectivity index (χ0) is 29.5. The Labute approximate surface area is 236 Å². The van der Waals surface area contributed by atoms with Crippen molar-refractivity contribution < 1.29 is 29.4 Å². The van der Waals surface area contributed by atoms with Gasteiger partial charge in [-0.05, 0) is 77.2 Å². The molecule has 0 aliphatic heterocycles. The number of rotatable bonds is 10. The predicted octanol–water partition coefficient (Wildman–Crippen LogP) is 6.46. The summed E-state index contributed by atoms with van der Waals surface area (Å²) in [5, 5.41) is 24.4. The molecule has 4 aromatic rings. The van der Waals surface area contributed by atoms with E-state index in [2.05, 4.69) is 23.8 Å². The highest BCUT2D eigenvalue weighted by Gasteiger charge is 2.18. The highest BCUT2D eigenvalue weighted by molar-refractivity contribution is 6.11. The van der Waals surface area contributed by atoms with Crippen LogP contribution < -0.4 is 10.6 Å². The van der Waals surface area contributed by atoms with E-state index in [1.165, 1.54) is 36.4 Å². The van der Waals surface area contributed by atoms with E-state index < -0.39 is 23.8 Å². The van der Waals surface area contributed by atoms with Gasteiger partial charge in [-0.15, -0.1) is 0 Å². The maximum atomic E-state index is 12.8. The SMILES string of the molecule is C=Cc1ccc(C(=O)Nc2ccc(Cc3ccc(NC(=O)c4cc(C=C)ccc4C(=O)O)cc3)cc2)c(C(=O)O)c1. The third-order valence-electron chi connectivity index (χ3n) is 6.34. The van der Waals surface area contributed by atoms with Crippen molar-refractivity contribution in [2.75, 3.05) is 10.6 Å². The van der Waals surface area contributed by atoms with Gasteiger partial charge in [0.25, 0.3) is 11.8 Å². The number of benzene rings is 4. The fraction of sp³-hybridized carbons (Fsp3) is 0.0303. The lowest BCUT2D eigenvalue weighted by Crippen LogP contribution is -2.16. The number of amides is 2. The smallest absolute Gasteiger partial charge is 0.336 e. The quantitative estimate of drug-likeness (QED) is 0.180. The van der Waals surface area contributed by atoms with Crippen molar-refractivity contribution in [2.24, 2.45) is 0 Å². The lowest BCUT2D eigenvalue weighted by molar-refractivity contribution is 0.0683. The van der Waals surface area contributed by atoms with Crippen molar-refractivity contribution in [3.63, 3.8) is 0 Å². The molecule has 0 aliphatic rings. The molecule has 0 unspecified atom stereocenters. The fourth-order valence-electron chi connectivity index (χ4n) is 4.17. The Morgan fingerprint density at radius 1 is 0.561 bits per heavy atom. The monoisotopic (exact) mass is 546 g/mol. The maximum Gasteiger partial charge on any atom is 0.336 e. The molecule has 0 fully saturated rings. The van der Waals surface area contributed by atoms with E-state index in [-0.39, 0.29) is 22.3 Å². The molecule has 0 bridgehead atoms. The van der Waals surface area contributed by atoms with Gasteiger partial charge in [0.05, 0.1) is 22.3 Å². The number of nitrogens with one attached hydrogen (secondary N) is 2. The maximum absolute atomic E-state index is 12.8. The number of carbonyl (C=O) groups excluding carboxylic acids is 2. The lowest BCUT2D eigenvalue weighted by atomic mass is 10.0. The first-order chi connectivity index (χ1) is 19.7. The van der Waals surface area contributed by atoms with E-state index in [1.54, 1.807) is 36.4 Å². The van der Waals surface area contributed by atoms with E-state index in [1.807, 2.05) is 24.3 Å². The Kier molecular flexibility index (Phi) is 8.54. The van der Waals surface area contributed by atoms with E-state index in [9.17, 15) is 29.4 Å². The van der Waals surface area contributed by atoms with Crippen molar-refractivity contribution in [3.05, 3.63) is 143 Å². The molecule has 4 N–H and O–H groups in total. The first-order valence-corrected chi connectivity index (χ1v) is 12.5. The fourth-order valence-corrected chi connectivity index (χ4v) is 4.17. The normalized spacial score (nSPS) is 10.3. The summed E-state index contributed by atoms with van der Waals surface area (Å²) in [7, 11) is 0. The van der Waals surface area contributed by atoms with E-state index in [0.717, 1.165) is 11.1 Å². The number of carbonyl (C=O) groups is 4. The number of hydrogen-bond donors (Lipinski definition) is 4. The van der Waals surface area contributed by atoms with Crippen molar-refractivity contribution in [1.29, 1.82) is 0 Å². The van der Waals surface area contributed by atoms with Crippen molar-refractivity contribution in [2.45, 2.75) is 6.42 Å². The second-order valence-electron chi connectivity index (χ2n) is 9.11. The van der Waals surface area contributed by atoms with Gasteiger partial charge in [-0.3, -0.25) is 9.59 Å². The second-order valence-corrected chi connectivity index (χ2v) is 9.11. The summed E-state index contributed by atoms with van der Waals surface area (Å²) in [6.45, 7) is 7.28. The number of aromatic carboxylic acids is 2. The highest BCUT2D eigenvalue weighted by Crippen LogP contribution is 2.20. The van der Waals surface area contributed by atoms with Gasteiger partial charge < -0.3 is 20.8 Å². The molecule has 0 saturated carbocycles. The number of carboxylic acid groups (broad SMARTS) is 2. The van der Waals surface area contributed by atoms with Crippen molar-refractivity contribution in [1.82, 2.24) is 0 Å². The summed E-state index contributed by atoms with van der Waals surface area (Å²) in [6.07, 6.45) is 3.63. The molecule has 0 spiro atoms. The molecular weight excluding hydrogens is 520 g/mol. The molecular formula is C33H26N2O6. The number of anilines is 2. The van der Waals surface area contributed by atoms with Gasteiger partial charge in [0, 0.05) is 11.4 Å². The zero-order valence-corrected chi connectivity index (χ0v) is 21.9. The molecule has 0 saturated heterocycles. The molecule has 0 radical (unpaired) electrons. The molecule has 204 valence electrons. The largest absolute Gasteiger partial charge is 0.478 e. The molecule has 4 rings (SSSR count). The molecule has 0 heterocycles. The molecule has 0 aromatic heterocycles. The Balaban J connectivity index is 1.40. The van der Waals surface area contributed by atoms with Gasteiger partial charge in [0.15, 0.2) is 0 Å². The topological polar surface area (TPSA) is 133 Å². The summed E-state index contributed by atoms with van der Waals surface area (Å²) in [4.78, 5) is 48.7. The van der Waals surface area contributed by atoms with Crippen molar-refractivity contribution >= 4 is 47.3 Å². The van der Waals surface area contributed by atoms with Crippen LogP contribution >= 0.6 is 0 Å². The first-order valence-electron chi connectivity index (χ1n) is 12.5. The van der Waals surface area contributed by atoms with Crippen LogP contribution in [0, 0.1) is 0 Å². The van der Waals surface area contributed by atoms with Gasteiger partial charge in [0.1, 0.15) is 0 Å². The van der Waals surface area contributed by atoms with Crippen LogP contribution in [-0.4, -0.2) is 34.0 Å². The number of carboxylic acids is 2. The molecule has 0 aliphatic carbocycles. The van der Waals surface area contributed by atoms with E-state index in [4.69, 9.17) is 0 Å². The third-order valence-corrected chi connectivity index (χ3v) is 6.34. The summed E-state index contributed by atoms with van der Waals surface area (Å²) in [5.41, 5.74) is 4.08. The summed E-state index contributed by atoms with van der Waals surface area (Å²) in [6, 6.07) is 23.3. The Morgan fingerprint density at radius 3 is 1.41 bits per heavy atom. The summed E-state index contributed by atoms with van der Waals surface area (Å²) < 4.78 is 0. The molecule has 2 amide bonds. The standard InChI is InChI=1S/C33H26N2O6/c1-3-20-10-16-27(32(38)39)28(18-20)31(37)35-25-13-7-23(8-14-25)17-22-5-11-24(12-6-22)34-30(36)26-15-9-21(4-2)19-29(26)33(40)41/h3-16,18-19H,1-2,17H2,(H,34,36)(H,35,37)(H,38,39)(H,40,41). The molecule has 8 nitrogen and oxygen atoms in total. The Hall–Kier alpha value is -5.76. The average molecular weight is 547 g/mol. The van der Waals surface area contributed by atoms with Crippen LogP contribution in [0.5, 0.6) is 0 Å². The zero-order valence-electron chi connectivity index (χ0n) is 21.9. The van der Waals surface area contributed by atoms with Crippen LogP contribution in [0.3, 0.4) is 0 Å².